The highest BCUT2D eigenvalue weighted by molar-refractivity contribution is 6.21. The van der Waals surface area contributed by atoms with Crippen molar-refractivity contribution < 1.29 is 19.1 Å². The van der Waals surface area contributed by atoms with Crippen molar-refractivity contribution in [2.75, 3.05) is 25.0 Å². The van der Waals surface area contributed by atoms with E-state index in [4.69, 9.17) is 4.74 Å². The van der Waals surface area contributed by atoms with E-state index in [0.29, 0.717) is 36.5 Å². The SMILES string of the molecule is O=C(NCCn1cccn1)Nc1ccc2c(c1)C(=O)N(CC1CCCO1)C2=O. The Hall–Kier alpha value is -3.20. The molecule has 0 spiro atoms. The number of nitrogens with one attached hydrogen (secondary N) is 2. The predicted octanol–water partition coefficient (Wildman–Crippen LogP) is 1.48. The van der Waals surface area contributed by atoms with Gasteiger partial charge >= 0.3 is 6.03 Å². The van der Waals surface area contributed by atoms with E-state index in [0.717, 1.165) is 12.8 Å². The highest BCUT2D eigenvalue weighted by atomic mass is 16.5. The zero-order valence-corrected chi connectivity index (χ0v) is 15.3. The van der Waals surface area contributed by atoms with Crippen molar-refractivity contribution in [3.63, 3.8) is 0 Å². The molecule has 0 aliphatic carbocycles. The lowest BCUT2D eigenvalue weighted by molar-refractivity contribution is 0.0475. The minimum absolute atomic E-state index is 0.0969. The summed E-state index contributed by atoms with van der Waals surface area (Å²) < 4.78 is 7.24. The topological polar surface area (TPSA) is 106 Å². The van der Waals surface area contributed by atoms with Crippen LogP contribution in [0.4, 0.5) is 10.5 Å². The molecule has 1 unspecified atom stereocenters. The van der Waals surface area contributed by atoms with Gasteiger partial charge in [-0.3, -0.25) is 19.2 Å². The Labute approximate surface area is 161 Å². The standard InChI is InChI=1S/C19H21N5O4/c25-17-15-5-4-13(22-19(27)20-7-9-23-8-2-6-21-23)11-16(15)18(26)24(17)12-14-3-1-10-28-14/h2,4-6,8,11,14H,1,3,7,9-10,12H2,(H2,20,22,27). The first-order valence-corrected chi connectivity index (χ1v) is 9.26. The van der Waals surface area contributed by atoms with Crippen LogP contribution in [0.5, 0.6) is 0 Å². The second-order valence-electron chi connectivity index (χ2n) is 6.77. The Bertz CT molecular complexity index is 890. The molecule has 4 amide bonds. The van der Waals surface area contributed by atoms with Crippen LogP contribution in [0.25, 0.3) is 0 Å². The number of carbonyl (C=O) groups is 3. The molecular formula is C19H21N5O4. The smallest absolute Gasteiger partial charge is 0.319 e. The number of aromatic nitrogens is 2. The number of hydrogen-bond acceptors (Lipinski definition) is 5. The van der Waals surface area contributed by atoms with Crippen molar-refractivity contribution in [1.29, 1.82) is 0 Å². The monoisotopic (exact) mass is 383 g/mol. The number of fused-ring (bicyclic) bond motifs is 1. The number of hydrogen-bond donors (Lipinski definition) is 2. The minimum atomic E-state index is -0.389. The molecular weight excluding hydrogens is 362 g/mol. The lowest BCUT2D eigenvalue weighted by Crippen LogP contribution is -2.36. The van der Waals surface area contributed by atoms with Gasteiger partial charge in [-0.25, -0.2) is 4.79 Å². The number of imide groups is 1. The van der Waals surface area contributed by atoms with Gasteiger partial charge in [0, 0.05) is 31.2 Å². The van der Waals surface area contributed by atoms with E-state index in [1.165, 1.54) is 11.0 Å². The fourth-order valence-corrected chi connectivity index (χ4v) is 3.42. The van der Waals surface area contributed by atoms with Gasteiger partial charge in [-0.15, -0.1) is 0 Å². The van der Waals surface area contributed by atoms with Crippen molar-refractivity contribution in [3.05, 3.63) is 47.8 Å². The molecule has 1 atom stereocenters. The average molecular weight is 383 g/mol. The van der Waals surface area contributed by atoms with Crippen molar-refractivity contribution in [2.24, 2.45) is 0 Å². The largest absolute Gasteiger partial charge is 0.376 e. The van der Waals surface area contributed by atoms with Crippen LogP contribution in [0.1, 0.15) is 33.6 Å². The van der Waals surface area contributed by atoms with Gasteiger partial charge in [-0.05, 0) is 37.1 Å². The first-order chi connectivity index (χ1) is 13.6. The van der Waals surface area contributed by atoms with Crippen molar-refractivity contribution in [3.8, 4) is 0 Å². The number of urea groups is 1. The Morgan fingerprint density at radius 2 is 2.11 bits per heavy atom. The molecule has 1 saturated heterocycles. The van der Waals surface area contributed by atoms with Crippen LogP contribution < -0.4 is 10.6 Å². The highest BCUT2D eigenvalue weighted by Crippen LogP contribution is 2.27. The zero-order valence-electron chi connectivity index (χ0n) is 15.3. The van der Waals surface area contributed by atoms with E-state index >= 15 is 0 Å². The quantitative estimate of drug-likeness (QED) is 0.735. The molecule has 1 aromatic carbocycles. The second-order valence-corrected chi connectivity index (χ2v) is 6.77. The molecule has 1 aromatic heterocycles. The lowest BCUT2D eigenvalue weighted by atomic mass is 10.1. The summed E-state index contributed by atoms with van der Waals surface area (Å²) in [5.74, 6) is -0.663. The van der Waals surface area contributed by atoms with Gasteiger partial charge in [0.05, 0.1) is 30.3 Å². The molecule has 2 aromatic rings. The third-order valence-electron chi connectivity index (χ3n) is 4.82. The van der Waals surface area contributed by atoms with E-state index in [1.54, 1.807) is 23.0 Å². The third-order valence-corrected chi connectivity index (χ3v) is 4.82. The Morgan fingerprint density at radius 1 is 1.25 bits per heavy atom. The molecule has 28 heavy (non-hydrogen) atoms. The van der Waals surface area contributed by atoms with Crippen LogP contribution in [-0.4, -0.2) is 58.3 Å². The molecule has 3 heterocycles. The fraction of sp³-hybridized carbons (Fsp3) is 0.368. The van der Waals surface area contributed by atoms with Gasteiger partial charge in [0.2, 0.25) is 0 Å². The number of carbonyl (C=O) groups excluding carboxylic acids is 3. The molecule has 0 radical (unpaired) electrons. The van der Waals surface area contributed by atoms with Gasteiger partial charge in [0.25, 0.3) is 11.8 Å². The summed E-state index contributed by atoms with van der Waals surface area (Å²) in [4.78, 5) is 38.5. The van der Waals surface area contributed by atoms with Gasteiger partial charge in [-0.1, -0.05) is 0 Å². The number of nitrogens with zero attached hydrogens (tertiary/aromatic N) is 3. The minimum Gasteiger partial charge on any atom is -0.376 e. The van der Waals surface area contributed by atoms with Crippen molar-refractivity contribution in [1.82, 2.24) is 20.0 Å². The Morgan fingerprint density at radius 3 is 2.86 bits per heavy atom. The predicted molar refractivity (Wildman–Crippen MR) is 100 cm³/mol. The van der Waals surface area contributed by atoms with Gasteiger partial charge < -0.3 is 15.4 Å². The first-order valence-electron chi connectivity index (χ1n) is 9.26. The van der Waals surface area contributed by atoms with Crippen molar-refractivity contribution in [2.45, 2.75) is 25.5 Å². The number of amides is 4. The molecule has 0 bridgehead atoms. The highest BCUT2D eigenvalue weighted by Gasteiger charge is 2.37. The molecule has 146 valence electrons. The summed E-state index contributed by atoms with van der Waals surface area (Å²) in [5.41, 5.74) is 1.11. The lowest BCUT2D eigenvalue weighted by Gasteiger charge is -2.17. The van der Waals surface area contributed by atoms with E-state index in [2.05, 4.69) is 15.7 Å². The van der Waals surface area contributed by atoms with Gasteiger partial charge in [0.15, 0.2) is 0 Å². The Kier molecular flexibility index (Phi) is 5.07. The maximum Gasteiger partial charge on any atom is 0.319 e. The summed E-state index contributed by atoms with van der Waals surface area (Å²) in [6.45, 7) is 1.89. The van der Waals surface area contributed by atoms with E-state index in [9.17, 15) is 14.4 Å². The van der Waals surface area contributed by atoms with Crippen LogP contribution in [0.3, 0.4) is 0 Å². The third kappa shape index (κ3) is 3.74. The van der Waals surface area contributed by atoms with Crippen LogP contribution in [0.15, 0.2) is 36.7 Å². The van der Waals surface area contributed by atoms with Gasteiger partial charge in [-0.2, -0.15) is 5.10 Å². The van der Waals surface area contributed by atoms with Gasteiger partial charge in [0.1, 0.15) is 0 Å². The number of rotatable bonds is 6. The molecule has 2 aliphatic rings. The number of anilines is 1. The normalized spacial score (nSPS) is 18.4. The molecule has 4 rings (SSSR count). The second kappa shape index (κ2) is 7.81. The zero-order chi connectivity index (χ0) is 19.5. The summed E-state index contributed by atoms with van der Waals surface area (Å²) in [6.07, 6.45) is 5.17. The molecule has 2 aliphatic heterocycles. The summed E-state index contributed by atoms with van der Waals surface area (Å²) in [5, 5.41) is 9.47. The van der Waals surface area contributed by atoms with Crippen LogP contribution in [-0.2, 0) is 11.3 Å². The maximum absolute atomic E-state index is 12.6. The first kappa shape index (κ1) is 18.2. The van der Waals surface area contributed by atoms with E-state index in [-0.39, 0.29) is 30.5 Å². The number of benzene rings is 1. The summed E-state index contributed by atoms with van der Waals surface area (Å²) in [7, 11) is 0. The van der Waals surface area contributed by atoms with Crippen LogP contribution in [0, 0.1) is 0 Å². The van der Waals surface area contributed by atoms with Crippen LogP contribution in [0.2, 0.25) is 0 Å². The molecule has 1 fully saturated rings. The maximum atomic E-state index is 12.6. The summed E-state index contributed by atoms with van der Waals surface area (Å²) in [6, 6.07) is 6.15. The summed E-state index contributed by atoms with van der Waals surface area (Å²) >= 11 is 0. The Balaban J connectivity index is 1.36. The van der Waals surface area contributed by atoms with Crippen LogP contribution >= 0.6 is 0 Å². The molecule has 2 N–H and O–H groups in total. The van der Waals surface area contributed by atoms with E-state index < -0.39 is 0 Å². The molecule has 0 saturated carbocycles. The average Bonchev–Trinajstić information content (AvgIpc) is 3.42. The molecule has 9 heteroatoms. The fourth-order valence-electron chi connectivity index (χ4n) is 3.42. The van der Waals surface area contributed by atoms with Crippen molar-refractivity contribution >= 4 is 23.5 Å². The van der Waals surface area contributed by atoms with E-state index in [1.807, 2.05) is 12.3 Å². The molecule has 9 nitrogen and oxygen atoms in total. The number of ether oxygens (including phenoxy) is 1.